The molecule has 1 aliphatic rings. The van der Waals surface area contributed by atoms with Crippen LogP contribution in [0.25, 0.3) is 0 Å². The van der Waals surface area contributed by atoms with E-state index in [1.807, 2.05) is 24.3 Å². The van der Waals surface area contributed by atoms with E-state index in [1.165, 1.54) is 36.3 Å². The van der Waals surface area contributed by atoms with Crippen LogP contribution in [0.3, 0.4) is 0 Å². The minimum atomic E-state index is -0.363. The number of hydrogen-bond acceptors (Lipinski definition) is 2. The van der Waals surface area contributed by atoms with Gasteiger partial charge in [0.2, 0.25) is 5.91 Å². The number of likely N-dealkylation sites (N-methyl/N-ethyl adjacent to an activating group) is 1. The average molecular weight is 389 g/mol. The molecule has 5 heteroatoms. The van der Waals surface area contributed by atoms with Gasteiger partial charge in [0.05, 0.1) is 39.3 Å². The Morgan fingerprint density at radius 1 is 1.15 bits per heavy atom. The summed E-state index contributed by atoms with van der Waals surface area (Å²) in [7, 11) is 0. The van der Waals surface area contributed by atoms with Crippen LogP contribution in [0.2, 0.25) is 0 Å². The van der Waals surface area contributed by atoms with Crippen molar-refractivity contribution >= 4 is 11.6 Å². The number of quaternary nitrogens is 1. The molecule has 0 spiro atoms. The molecule has 0 atom stereocenters. The molecule has 2 N–H and O–H groups in total. The molecule has 1 aromatic carbocycles. The monoisotopic (exact) mass is 389 g/mol. The van der Waals surface area contributed by atoms with Gasteiger partial charge >= 0.3 is 0 Å². The van der Waals surface area contributed by atoms with Gasteiger partial charge < -0.3 is 39.1 Å². The first-order valence-electron chi connectivity index (χ1n) is 7.10. The summed E-state index contributed by atoms with van der Waals surface area (Å²) in [5.41, 5.74) is 7.03. The Balaban J connectivity index is 0.00000200. The Morgan fingerprint density at radius 2 is 1.65 bits per heavy atom. The molecule has 0 aromatic heterocycles. The maximum absolute atomic E-state index is 11.1. The molecule has 0 radical (unpaired) electrons. The fourth-order valence-electron chi connectivity index (χ4n) is 2.84. The minimum absolute atomic E-state index is 0. The van der Waals surface area contributed by atoms with Gasteiger partial charge in [-0.1, -0.05) is 0 Å². The van der Waals surface area contributed by atoms with E-state index < -0.39 is 0 Å². The smallest absolute Gasteiger partial charge is 0.248 e. The lowest BCUT2D eigenvalue weighted by atomic mass is 10.1. The third-order valence-corrected chi connectivity index (χ3v) is 4.55. The van der Waals surface area contributed by atoms with Gasteiger partial charge in [0.25, 0.3) is 0 Å². The van der Waals surface area contributed by atoms with E-state index in [0.29, 0.717) is 5.56 Å². The van der Waals surface area contributed by atoms with E-state index in [0.717, 1.165) is 13.1 Å². The Morgan fingerprint density at radius 3 is 2.05 bits per heavy atom. The molecule has 0 unspecified atom stereocenters. The van der Waals surface area contributed by atoms with Gasteiger partial charge in [-0.25, -0.2) is 0 Å². The molecule has 1 aliphatic heterocycles. The highest BCUT2D eigenvalue weighted by molar-refractivity contribution is 5.93. The van der Waals surface area contributed by atoms with Crippen molar-refractivity contribution in [2.75, 3.05) is 44.2 Å². The zero-order valence-electron chi connectivity index (χ0n) is 12.3. The van der Waals surface area contributed by atoms with Crippen LogP contribution in [0.15, 0.2) is 24.3 Å². The molecule has 4 nitrogen and oxygen atoms in total. The summed E-state index contributed by atoms with van der Waals surface area (Å²) in [6.45, 7) is 11.5. The highest BCUT2D eigenvalue weighted by atomic mass is 127. The lowest BCUT2D eigenvalue weighted by Crippen LogP contribution is -3.00. The molecule has 20 heavy (non-hydrogen) atoms. The van der Waals surface area contributed by atoms with Crippen molar-refractivity contribution in [3.05, 3.63) is 29.8 Å². The number of nitrogens with two attached hydrogens (primary N) is 1. The van der Waals surface area contributed by atoms with Crippen LogP contribution in [0.5, 0.6) is 0 Å². The molecule has 0 bridgehead atoms. The average Bonchev–Trinajstić information content (AvgIpc) is 2.47. The van der Waals surface area contributed by atoms with Crippen LogP contribution in [0.1, 0.15) is 24.2 Å². The second kappa shape index (κ2) is 7.26. The highest BCUT2D eigenvalue weighted by Gasteiger charge is 2.29. The van der Waals surface area contributed by atoms with E-state index in [2.05, 4.69) is 18.7 Å². The Kier molecular flexibility index (Phi) is 6.26. The number of anilines is 1. The molecule has 112 valence electrons. The van der Waals surface area contributed by atoms with Crippen LogP contribution in [0, 0.1) is 0 Å². The summed E-state index contributed by atoms with van der Waals surface area (Å²) in [5, 5.41) is 0. The van der Waals surface area contributed by atoms with Crippen LogP contribution in [-0.4, -0.2) is 49.7 Å². The van der Waals surface area contributed by atoms with Crippen molar-refractivity contribution in [2.45, 2.75) is 13.8 Å². The fraction of sp³-hybridized carbons (Fsp3) is 0.533. The minimum Gasteiger partial charge on any atom is -1.00 e. The third-order valence-electron chi connectivity index (χ3n) is 4.55. The quantitative estimate of drug-likeness (QED) is 0.502. The molecule has 2 rings (SSSR count). The molecule has 1 heterocycles. The van der Waals surface area contributed by atoms with Crippen LogP contribution < -0.4 is 34.6 Å². The normalized spacial score (nSPS) is 17.4. The molecule has 0 saturated carbocycles. The van der Waals surface area contributed by atoms with Crippen molar-refractivity contribution in [1.82, 2.24) is 0 Å². The number of piperazine rings is 1. The van der Waals surface area contributed by atoms with Gasteiger partial charge in [-0.3, -0.25) is 4.79 Å². The first-order chi connectivity index (χ1) is 9.10. The highest BCUT2D eigenvalue weighted by Crippen LogP contribution is 2.20. The summed E-state index contributed by atoms with van der Waals surface area (Å²) in [6, 6.07) is 7.62. The summed E-state index contributed by atoms with van der Waals surface area (Å²) in [6.07, 6.45) is 0. The van der Waals surface area contributed by atoms with Gasteiger partial charge in [0.1, 0.15) is 0 Å². The third kappa shape index (κ3) is 3.63. The Labute approximate surface area is 138 Å². The summed E-state index contributed by atoms with van der Waals surface area (Å²) < 4.78 is 1.22. The number of amides is 1. The number of halogens is 1. The van der Waals surface area contributed by atoms with Crippen molar-refractivity contribution in [1.29, 1.82) is 0 Å². The Hall–Kier alpha value is -0.820. The van der Waals surface area contributed by atoms with E-state index >= 15 is 0 Å². The van der Waals surface area contributed by atoms with E-state index in [9.17, 15) is 4.79 Å². The number of rotatable bonds is 4. The van der Waals surface area contributed by atoms with E-state index in [-0.39, 0.29) is 29.9 Å². The lowest BCUT2D eigenvalue weighted by molar-refractivity contribution is -0.925. The summed E-state index contributed by atoms with van der Waals surface area (Å²) in [4.78, 5) is 13.5. The number of hydrogen-bond donors (Lipinski definition) is 1. The molecule has 0 aliphatic carbocycles. The second-order valence-corrected chi connectivity index (χ2v) is 5.32. The molecular formula is C15H24IN3O. The summed E-state index contributed by atoms with van der Waals surface area (Å²) in [5.74, 6) is -0.363. The van der Waals surface area contributed by atoms with Gasteiger partial charge in [0.15, 0.2) is 0 Å². The van der Waals surface area contributed by atoms with Gasteiger partial charge in [-0.2, -0.15) is 0 Å². The number of carbonyl (C=O) groups is 1. The maximum Gasteiger partial charge on any atom is 0.248 e. The predicted molar refractivity (Wildman–Crippen MR) is 78.2 cm³/mol. The molecular weight excluding hydrogens is 365 g/mol. The standard InChI is InChI=1S/C15H23N3O.HI/c1-3-18(4-2)11-9-17(10-12-18)14-7-5-13(6-8-14)15(16)19;/h5-8H,3-4,9-12H2,1-2H3,(H-,16,19);1H. The number of primary amides is 1. The number of carbonyl (C=O) groups excluding carboxylic acids is 1. The zero-order valence-corrected chi connectivity index (χ0v) is 14.5. The van der Waals surface area contributed by atoms with E-state index in [4.69, 9.17) is 5.73 Å². The largest absolute Gasteiger partial charge is 1.00 e. The van der Waals surface area contributed by atoms with Crippen molar-refractivity contribution in [3.63, 3.8) is 0 Å². The molecule has 1 aromatic rings. The number of benzene rings is 1. The zero-order chi connectivity index (χ0) is 13.9. The lowest BCUT2D eigenvalue weighted by Gasteiger charge is -2.44. The molecule has 1 fully saturated rings. The van der Waals surface area contributed by atoms with Crippen LogP contribution in [0.4, 0.5) is 5.69 Å². The molecule has 1 amide bonds. The molecule has 1 saturated heterocycles. The topological polar surface area (TPSA) is 46.3 Å². The van der Waals surface area contributed by atoms with Crippen molar-refractivity contribution in [3.8, 4) is 0 Å². The van der Waals surface area contributed by atoms with Crippen LogP contribution >= 0.6 is 0 Å². The SMILES string of the molecule is CC[N+]1(CC)CCN(c2ccc(C(N)=O)cc2)CC1.[I-]. The van der Waals surface area contributed by atoms with Crippen LogP contribution in [-0.2, 0) is 0 Å². The van der Waals surface area contributed by atoms with Gasteiger partial charge in [-0.05, 0) is 38.1 Å². The predicted octanol–water partition coefficient (Wildman–Crippen LogP) is -1.53. The Bertz CT molecular complexity index is 433. The number of nitrogens with zero attached hydrogens (tertiary/aromatic N) is 2. The second-order valence-electron chi connectivity index (χ2n) is 5.32. The van der Waals surface area contributed by atoms with Gasteiger partial charge in [0, 0.05) is 11.3 Å². The first-order valence-corrected chi connectivity index (χ1v) is 7.10. The van der Waals surface area contributed by atoms with E-state index in [1.54, 1.807) is 0 Å². The maximum atomic E-state index is 11.1. The summed E-state index contributed by atoms with van der Waals surface area (Å²) >= 11 is 0. The fourth-order valence-corrected chi connectivity index (χ4v) is 2.84. The first kappa shape index (κ1) is 17.2. The van der Waals surface area contributed by atoms with Gasteiger partial charge in [-0.15, -0.1) is 0 Å². The van der Waals surface area contributed by atoms with Crippen molar-refractivity contribution < 1.29 is 33.3 Å². The van der Waals surface area contributed by atoms with Crippen molar-refractivity contribution in [2.24, 2.45) is 5.73 Å².